The molecular weight excluding hydrogens is 270 g/mol. The molecule has 5 heteroatoms. The van der Waals surface area contributed by atoms with Gasteiger partial charge in [-0.1, -0.05) is 29.8 Å². The second-order valence-corrected chi connectivity index (χ2v) is 4.69. The van der Waals surface area contributed by atoms with Crippen LogP contribution in [0.2, 0.25) is 0 Å². The van der Waals surface area contributed by atoms with Crippen molar-refractivity contribution in [1.82, 2.24) is 4.98 Å². The smallest absolute Gasteiger partial charge is 0.238 e. The number of fused-ring (bicyclic) bond motifs is 1. The van der Waals surface area contributed by atoms with Crippen LogP contribution in [0.4, 0.5) is 0 Å². The highest BCUT2D eigenvalue weighted by molar-refractivity contribution is 5.86. The molecule has 0 saturated carbocycles. The van der Waals surface area contributed by atoms with Gasteiger partial charge in [-0.05, 0) is 6.92 Å². The molecule has 1 N–H and O–H groups in total. The predicted octanol–water partition coefficient (Wildman–Crippen LogP) is 2.88. The average molecular weight is 283 g/mol. The van der Waals surface area contributed by atoms with Gasteiger partial charge in [-0.3, -0.25) is 9.78 Å². The summed E-state index contributed by atoms with van der Waals surface area (Å²) in [6, 6.07) is 7.32. The van der Waals surface area contributed by atoms with Crippen molar-refractivity contribution in [3.8, 4) is 22.8 Å². The first-order chi connectivity index (χ1) is 10.1. The minimum Gasteiger partial charge on any atom is -0.502 e. The van der Waals surface area contributed by atoms with Crippen LogP contribution in [-0.2, 0) is 0 Å². The summed E-state index contributed by atoms with van der Waals surface area (Å²) < 4.78 is 10.7. The molecule has 106 valence electrons. The van der Waals surface area contributed by atoms with Crippen molar-refractivity contribution < 1.29 is 14.3 Å². The van der Waals surface area contributed by atoms with Crippen molar-refractivity contribution in [2.45, 2.75) is 6.92 Å². The number of aromatic nitrogens is 1. The van der Waals surface area contributed by atoms with E-state index in [1.165, 1.54) is 19.5 Å². The fraction of sp³-hybridized carbons (Fsp3) is 0.125. The normalized spacial score (nSPS) is 10.8. The Morgan fingerprint density at radius 1 is 1.19 bits per heavy atom. The SMILES string of the molecule is COc1cncc2oc(-c3ccc(C)cc3)c(O)c(=O)c12. The van der Waals surface area contributed by atoms with E-state index in [0.29, 0.717) is 5.56 Å². The summed E-state index contributed by atoms with van der Waals surface area (Å²) in [5.74, 6) is -0.0367. The van der Waals surface area contributed by atoms with E-state index >= 15 is 0 Å². The van der Waals surface area contributed by atoms with Crippen molar-refractivity contribution in [1.29, 1.82) is 0 Å². The number of nitrogens with zero attached hydrogens (tertiary/aromatic N) is 1. The van der Waals surface area contributed by atoms with E-state index in [1.54, 1.807) is 12.1 Å². The third-order valence-electron chi connectivity index (χ3n) is 3.28. The van der Waals surface area contributed by atoms with E-state index in [-0.39, 0.29) is 22.5 Å². The molecule has 0 aliphatic rings. The second kappa shape index (κ2) is 4.94. The molecule has 2 aromatic heterocycles. The first-order valence-corrected chi connectivity index (χ1v) is 6.36. The van der Waals surface area contributed by atoms with Crippen LogP contribution in [0.25, 0.3) is 22.3 Å². The molecule has 0 fully saturated rings. The minimum atomic E-state index is -0.536. The van der Waals surface area contributed by atoms with Crippen LogP contribution in [0.3, 0.4) is 0 Å². The average Bonchev–Trinajstić information content (AvgIpc) is 2.51. The Balaban J connectivity index is 2.34. The molecule has 3 aromatic rings. The van der Waals surface area contributed by atoms with Crippen LogP contribution in [-0.4, -0.2) is 17.2 Å². The molecule has 0 atom stereocenters. The van der Waals surface area contributed by atoms with Crippen molar-refractivity contribution in [2.75, 3.05) is 7.11 Å². The second-order valence-electron chi connectivity index (χ2n) is 4.69. The van der Waals surface area contributed by atoms with Gasteiger partial charge < -0.3 is 14.3 Å². The lowest BCUT2D eigenvalue weighted by molar-refractivity contribution is 0.414. The molecule has 0 spiro atoms. The van der Waals surface area contributed by atoms with Gasteiger partial charge in [0.1, 0.15) is 5.39 Å². The van der Waals surface area contributed by atoms with E-state index in [0.717, 1.165) is 5.56 Å². The Bertz CT molecular complexity index is 866. The zero-order valence-corrected chi connectivity index (χ0v) is 11.6. The van der Waals surface area contributed by atoms with Crippen LogP contribution in [0.15, 0.2) is 45.9 Å². The molecular formula is C16H13NO4. The number of rotatable bonds is 2. The van der Waals surface area contributed by atoms with Crippen LogP contribution in [0.5, 0.6) is 11.5 Å². The zero-order chi connectivity index (χ0) is 15.0. The molecule has 2 heterocycles. The van der Waals surface area contributed by atoms with E-state index in [4.69, 9.17) is 9.15 Å². The van der Waals surface area contributed by atoms with E-state index in [1.807, 2.05) is 19.1 Å². The highest BCUT2D eigenvalue weighted by Gasteiger charge is 2.18. The summed E-state index contributed by atoms with van der Waals surface area (Å²) in [5, 5.41) is 10.3. The lowest BCUT2D eigenvalue weighted by Crippen LogP contribution is -2.05. The Hall–Kier alpha value is -2.82. The predicted molar refractivity (Wildman–Crippen MR) is 78.7 cm³/mol. The van der Waals surface area contributed by atoms with Gasteiger partial charge in [-0.25, -0.2) is 0 Å². The Morgan fingerprint density at radius 2 is 1.90 bits per heavy atom. The number of benzene rings is 1. The first kappa shape index (κ1) is 13.2. The molecule has 0 aliphatic heterocycles. The molecule has 21 heavy (non-hydrogen) atoms. The third kappa shape index (κ3) is 2.12. The highest BCUT2D eigenvalue weighted by Crippen LogP contribution is 2.32. The molecule has 0 bridgehead atoms. The lowest BCUT2D eigenvalue weighted by Gasteiger charge is -2.08. The molecule has 3 rings (SSSR count). The summed E-state index contributed by atoms with van der Waals surface area (Å²) in [6.07, 6.45) is 2.83. The van der Waals surface area contributed by atoms with Gasteiger partial charge in [-0.15, -0.1) is 0 Å². The topological polar surface area (TPSA) is 72.6 Å². The number of methoxy groups -OCH3 is 1. The summed E-state index contributed by atoms with van der Waals surface area (Å²) in [4.78, 5) is 16.3. The maximum atomic E-state index is 12.4. The molecule has 0 saturated heterocycles. The standard InChI is InChI=1S/C16H13NO4/c1-9-3-5-10(6-4-9)16-15(19)14(18)13-11(20-2)7-17-8-12(13)21-16/h3-8,19H,1-2H3. The van der Waals surface area contributed by atoms with Crippen molar-refractivity contribution in [3.63, 3.8) is 0 Å². The maximum Gasteiger partial charge on any atom is 0.238 e. The lowest BCUT2D eigenvalue weighted by atomic mass is 10.1. The van der Waals surface area contributed by atoms with Crippen molar-refractivity contribution in [2.24, 2.45) is 0 Å². The molecule has 0 amide bonds. The maximum absolute atomic E-state index is 12.4. The largest absolute Gasteiger partial charge is 0.502 e. The summed E-state index contributed by atoms with van der Waals surface area (Å²) >= 11 is 0. The van der Waals surface area contributed by atoms with E-state index in [9.17, 15) is 9.90 Å². The summed E-state index contributed by atoms with van der Waals surface area (Å²) in [5.41, 5.74) is 1.43. The number of aryl methyl sites for hydroxylation is 1. The van der Waals surface area contributed by atoms with Crippen LogP contribution < -0.4 is 10.2 Å². The Kier molecular flexibility index (Phi) is 3.10. The monoisotopic (exact) mass is 283 g/mol. The van der Waals surface area contributed by atoms with Gasteiger partial charge >= 0.3 is 0 Å². The summed E-state index contributed by atoms with van der Waals surface area (Å²) in [7, 11) is 1.43. The highest BCUT2D eigenvalue weighted by atomic mass is 16.5. The Morgan fingerprint density at radius 3 is 2.57 bits per heavy atom. The quantitative estimate of drug-likeness (QED) is 0.783. The number of aromatic hydroxyl groups is 1. The van der Waals surface area contributed by atoms with Crippen LogP contribution in [0.1, 0.15) is 5.56 Å². The van der Waals surface area contributed by atoms with Crippen molar-refractivity contribution in [3.05, 3.63) is 52.4 Å². The van der Waals surface area contributed by atoms with Crippen molar-refractivity contribution >= 4 is 11.0 Å². The molecule has 0 aliphatic carbocycles. The number of hydrogen-bond acceptors (Lipinski definition) is 5. The van der Waals surface area contributed by atoms with Gasteiger partial charge in [0, 0.05) is 5.56 Å². The molecule has 0 radical (unpaired) electrons. The zero-order valence-electron chi connectivity index (χ0n) is 11.6. The Labute approximate surface area is 120 Å². The number of ether oxygens (including phenoxy) is 1. The van der Waals surface area contributed by atoms with Crippen LogP contribution >= 0.6 is 0 Å². The third-order valence-corrected chi connectivity index (χ3v) is 3.28. The summed E-state index contributed by atoms with van der Waals surface area (Å²) in [6.45, 7) is 1.95. The fourth-order valence-corrected chi connectivity index (χ4v) is 2.16. The van der Waals surface area contributed by atoms with E-state index in [2.05, 4.69) is 4.98 Å². The fourth-order valence-electron chi connectivity index (χ4n) is 2.16. The van der Waals surface area contributed by atoms with Gasteiger partial charge in [0.2, 0.25) is 11.2 Å². The molecule has 0 unspecified atom stereocenters. The van der Waals surface area contributed by atoms with Crippen LogP contribution in [0, 0.1) is 6.92 Å². The van der Waals surface area contributed by atoms with Gasteiger partial charge in [-0.2, -0.15) is 0 Å². The van der Waals surface area contributed by atoms with E-state index < -0.39 is 11.2 Å². The first-order valence-electron chi connectivity index (χ1n) is 6.36. The van der Waals surface area contributed by atoms with Gasteiger partial charge in [0.15, 0.2) is 17.1 Å². The van der Waals surface area contributed by atoms with Gasteiger partial charge in [0.05, 0.1) is 19.5 Å². The van der Waals surface area contributed by atoms with Gasteiger partial charge in [0.25, 0.3) is 0 Å². The molecule has 1 aromatic carbocycles. The number of pyridine rings is 1. The number of hydrogen-bond donors (Lipinski definition) is 1. The minimum absolute atomic E-state index is 0.127. The molecule has 5 nitrogen and oxygen atoms in total.